The van der Waals surface area contributed by atoms with E-state index in [1.807, 2.05) is 42.2 Å². The van der Waals surface area contributed by atoms with E-state index < -0.39 is 0 Å². The number of nitrogens with zero attached hydrogens (tertiary/aromatic N) is 5. The van der Waals surface area contributed by atoms with Crippen molar-refractivity contribution in [1.82, 2.24) is 20.0 Å². The molecule has 1 aromatic carbocycles. The second-order valence-corrected chi connectivity index (χ2v) is 8.32. The lowest BCUT2D eigenvalue weighted by atomic mass is 10.1. The van der Waals surface area contributed by atoms with Gasteiger partial charge in [-0.3, -0.25) is 9.59 Å². The van der Waals surface area contributed by atoms with Crippen molar-refractivity contribution < 1.29 is 23.8 Å². The fourth-order valence-electron chi connectivity index (χ4n) is 4.08. The molecular formula is C25H35N5O5. The summed E-state index contributed by atoms with van der Waals surface area (Å²) in [5.74, 6) is 1.86. The van der Waals surface area contributed by atoms with E-state index in [1.165, 1.54) is 7.11 Å². The predicted molar refractivity (Wildman–Crippen MR) is 133 cm³/mol. The van der Waals surface area contributed by atoms with Gasteiger partial charge in [0.1, 0.15) is 6.61 Å². The van der Waals surface area contributed by atoms with Crippen LogP contribution in [0.3, 0.4) is 0 Å². The molecule has 0 spiro atoms. The van der Waals surface area contributed by atoms with Crippen LogP contribution >= 0.6 is 0 Å². The molecule has 190 valence electrons. The molecule has 35 heavy (non-hydrogen) atoms. The van der Waals surface area contributed by atoms with Crippen LogP contribution in [0.5, 0.6) is 11.5 Å². The summed E-state index contributed by atoms with van der Waals surface area (Å²) in [4.78, 5) is 30.7. The third kappa shape index (κ3) is 6.82. The molecule has 1 fully saturated rings. The van der Waals surface area contributed by atoms with Crippen LogP contribution in [0.2, 0.25) is 0 Å². The summed E-state index contributed by atoms with van der Waals surface area (Å²) in [7, 11) is 4.68. The first-order chi connectivity index (χ1) is 17.0. The van der Waals surface area contributed by atoms with Gasteiger partial charge in [0, 0.05) is 45.4 Å². The van der Waals surface area contributed by atoms with Crippen LogP contribution in [-0.2, 0) is 14.3 Å². The Morgan fingerprint density at radius 2 is 1.77 bits per heavy atom. The third-order valence-corrected chi connectivity index (χ3v) is 5.94. The van der Waals surface area contributed by atoms with Gasteiger partial charge in [-0.15, -0.1) is 10.2 Å². The summed E-state index contributed by atoms with van der Waals surface area (Å²) in [5.41, 5.74) is 1.62. The molecule has 0 unspecified atom stereocenters. The van der Waals surface area contributed by atoms with Crippen molar-refractivity contribution in [2.45, 2.75) is 19.8 Å². The van der Waals surface area contributed by atoms with E-state index in [0.29, 0.717) is 37.7 Å². The molecule has 0 radical (unpaired) electrons. The first-order valence-corrected chi connectivity index (χ1v) is 11.9. The van der Waals surface area contributed by atoms with Crippen LogP contribution < -0.4 is 14.4 Å². The fourth-order valence-corrected chi connectivity index (χ4v) is 4.08. The Kier molecular flexibility index (Phi) is 9.66. The Morgan fingerprint density at radius 1 is 0.971 bits per heavy atom. The standard InChI is InChI=1S/C25H35N5O5/c1-5-11-30(25(32)18-33-2)17-24(31)29-13-6-12-28(14-15-29)23-10-8-20(26-27-23)19-7-9-21(34-3)22(16-19)35-4/h7-10,16H,5-6,11-15,17-18H2,1-4H3. The number of carbonyl (C=O) groups is 2. The summed E-state index contributed by atoms with van der Waals surface area (Å²) < 4.78 is 15.6. The van der Waals surface area contributed by atoms with Gasteiger partial charge in [0.2, 0.25) is 11.8 Å². The van der Waals surface area contributed by atoms with Crippen LogP contribution in [0.15, 0.2) is 30.3 Å². The number of aromatic nitrogens is 2. The average molecular weight is 486 g/mol. The van der Waals surface area contributed by atoms with Gasteiger partial charge in [0.05, 0.1) is 26.5 Å². The smallest absolute Gasteiger partial charge is 0.249 e. The highest BCUT2D eigenvalue weighted by Crippen LogP contribution is 2.31. The number of carbonyl (C=O) groups excluding carboxylic acids is 2. The first kappa shape index (κ1) is 26.2. The van der Waals surface area contributed by atoms with Crippen molar-refractivity contribution in [2.75, 3.05) is 72.1 Å². The zero-order valence-corrected chi connectivity index (χ0v) is 21.0. The molecule has 10 nitrogen and oxygen atoms in total. The van der Waals surface area contributed by atoms with Gasteiger partial charge in [-0.25, -0.2) is 0 Å². The van der Waals surface area contributed by atoms with Crippen molar-refractivity contribution in [3.63, 3.8) is 0 Å². The van der Waals surface area contributed by atoms with Crippen molar-refractivity contribution in [1.29, 1.82) is 0 Å². The van der Waals surface area contributed by atoms with Gasteiger partial charge in [-0.05, 0) is 43.2 Å². The topological polar surface area (TPSA) is 97.3 Å². The molecule has 0 bridgehead atoms. The van der Waals surface area contributed by atoms with Crippen molar-refractivity contribution in [3.05, 3.63) is 30.3 Å². The molecule has 2 amide bonds. The lowest BCUT2D eigenvalue weighted by Gasteiger charge is -2.26. The van der Waals surface area contributed by atoms with Gasteiger partial charge < -0.3 is 28.9 Å². The number of methoxy groups -OCH3 is 3. The first-order valence-electron chi connectivity index (χ1n) is 11.9. The van der Waals surface area contributed by atoms with Crippen LogP contribution in [0.25, 0.3) is 11.3 Å². The summed E-state index contributed by atoms with van der Waals surface area (Å²) in [6.45, 7) is 5.22. The molecule has 0 atom stereocenters. The Bertz CT molecular complexity index is 985. The van der Waals surface area contributed by atoms with E-state index in [-0.39, 0.29) is 25.0 Å². The molecule has 3 rings (SSSR count). The highest BCUT2D eigenvalue weighted by atomic mass is 16.5. The zero-order chi connectivity index (χ0) is 25.2. The molecule has 10 heteroatoms. The van der Waals surface area contributed by atoms with Gasteiger partial charge in [0.15, 0.2) is 17.3 Å². The van der Waals surface area contributed by atoms with Crippen LogP contribution in [0.1, 0.15) is 19.8 Å². The van der Waals surface area contributed by atoms with E-state index in [4.69, 9.17) is 14.2 Å². The van der Waals surface area contributed by atoms with E-state index in [1.54, 1.807) is 19.1 Å². The normalized spacial score (nSPS) is 13.8. The number of hydrogen-bond donors (Lipinski definition) is 0. The molecular weight excluding hydrogens is 450 g/mol. The van der Waals surface area contributed by atoms with E-state index in [2.05, 4.69) is 15.1 Å². The highest BCUT2D eigenvalue weighted by Gasteiger charge is 2.23. The van der Waals surface area contributed by atoms with Crippen LogP contribution in [0.4, 0.5) is 5.82 Å². The molecule has 0 aliphatic carbocycles. The van der Waals surface area contributed by atoms with Crippen molar-refractivity contribution in [3.8, 4) is 22.8 Å². The van der Waals surface area contributed by atoms with Gasteiger partial charge in [0.25, 0.3) is 0 Å². The Labute approximate surface area is 206 Å². The third-order valence-electron chi connectivity index (χ3n) is 5.94. The summed E-state index contributed by atoms with van der Waals surface area (Å²) in [6, 6.07) is 9.51. The van der Waals surface area contributed by atoms with Gasteiger partial charge in [-0.1, -0.05) is 6.92 Å². The molecule has 0 N–H and O–H groups in total. The van der Waals surface area contributed by atoms with Crippen molar-refractivity contribution in [2.24, 2.45) is 0 Å². The minimum Gasteiger partial charge on any atom is -0.493 e. The number of anilines is 1. The van der Waals surface area contributed by atoms with Crippen molar-refractivity contribution >= 4 is 17.6 Å². The zero-order valence-electron chi connectivity index (χ0n) is 21.0. The highest BCUT2D eigenvalue weighted by molar-refractivity contribution is 5.85. The lowest BCUT2D eigenvalue weighted by Crippen LogP contribution is -2.45. The predicted octanol–water partition coefficient (Wildman–Crippen LogP) is 2.08. The Balaban J connectivity index is 1.62. The molecule has 1 saturated heterocycles. The van der Waals surface area contributed by atoms with Crippen LogP contribution in [-0.4, -0.2) is 99.0 Å². The second kappa shape index (κ2) is 12.9. The van der Waals surface area contributed by atoms with E-state index in [9.17, 15) is 9.59 Å². The maximum absolute atomic E-state index is 12.9. The number of benzene rings is 1. The fraction of sp³-hybridized carbons (Fsp3) is 0.520. The second-order valence-electron chi connectivity index (χ2n) is 8.32. The quantitative estimate of drug-likeness (QED) is 0.505. The molecule has 2 heterocycles. The molecule has 1 aliphatic heterocycles. The molecule has 0 saturated carbocycles. The Morgan fingerprint density at radius 3 is 2.43 bits per heavy atom. The monoisotopic (exact) mass is 485 g/mol. The molecule has 2 aromatic rings. The number of ether oxygens (including phenoxy) is 3. The summed E-state index contributed by atoms with van der Waals surface area (Å²) in [5, 5.41) is 8.85. The van der Waals surface area contributed by atoms with Gasteiger partial charge in [-0.2, -0.15) is 0 Å². The maximum atomic E-state index is 12.9. The number of hydrogen-bond acceptors (Lipinski definition) is 8. The minimum absolute atomic E-state index is 0.0149. The lowest BCUT2D eigenvalue weighted by molar-refractivity contribution is -0.142. The maximum Gasteiger partial charge on any atom is 0.249 e. The number of amides is 2. The summed E-state index contributed by atoms with van der Waals surface area (Å²) in [6.07, 6.45) is 1.60. The molecule has 1 aromatic heterocycles. The largest absolute Gasteiger partial charge is 0.493 e. The SMILES string of the molecule is CCCN(CC(=O)N1CCCN(c2ccc(-c3ccc(OC)c(OC)c3)nn2)CC1)C(=O)COC. The average Bonchev–Trinajstić information content (AvgIpc) is 3.15. The minimum atomic E-state index is -0.163. The molecule has 1 aliphatic rings. The number of rotatable bonds is 10. The van der Waals surface area contributed by atoms with E-state index >= 15 is 0 Å². The Hall–Kier alpha value is -3.40. The van der Waals surface area contributed by atoms with Crippen LogP contribution in [0, 0.1) is 0 Å². The summed E-state index contributed by atoms with van der Waals surface area (Å²) >= 11 is 0. The van der Waals surface area contributed by atoms with Gasteiger partial charge >= 0.3 is 0 Å². The van der Waals surface area contributed by atoms with E-state index in [0.717, 1.165) is 36.5 Å².